The van der Waals surface area contributed by atoms with E-state index in [1.807, 2.05) is 0 Å². The quantitative estimate of drug-likeness (QED) is 0.0422. The lowest BCUT2D eigenvalue weighted by Crippen LogP contribution is -2.39. The maximum atomic E-state index is 11.0. The minimum atomic E-state index is -0.272. The minimum absolute atomic E-state index is 0.272. The molecule has 5 heteroatoms. The van der Waals surface area contributed by atoms with Crippen LogP contribution in [0.3, 0.4) is 0 Å². The Morgan fingerprint density at radius 2 is 0.596 bits per heavy atom. The predicted molar refractivity (Wildman–Crippen MR) is 256 cm³/mol. The summed E-state index contributed by atoms with van der Waals surface area (Å²) in [5.74, 6) is 0. The van der Waals surface area contributed by atoms with Crippen molar-refractivity contribution >= 4 is 0 Å². The number of rotatable bonds is 47. The average Bonchev–Trinajstić information content (AvgIpc) is 3.19. The van der Waals surface area contributed by atoms with Crippen molar-refractivity contribution in [3.8, 4) is 0 Å². The molecule has 0 bridgehead atoms. The van der Waals surface area contributed by atoms with Crippen LogP contribution in [0.1, 0.15) is 271 Å². The lowest BCUT2D eigenvalue weighted by atomic mass is 10.0. The van der Waals surface area contributed by atoms with Gasteiger partial charge in [0.1, 0.15) is 0 Å². The van der Waals surface area contributed by atoms with Gasteiger partial charge in [0.25, 0.3) is 0 Å². The first kappa shape index (κ1) is 58.5. The second-order valence-electron chi connectivity index (χ2n) is 18.2. The third-order valence-corrected chi connectivity index (χ3v) is 12.1. The normalized spacial score (nSPS) is 12.6. The molecule has 0 amide bonds. The number of hydrogen-bond acceptors (Lipinski definition) is 5. The number of nitrogens with zero attached hydrogens (tertiary/aromatic N) is 2. The molecule has 344 valence electrons. The summed E-state index contributed by atoms with van der Waals surface area (Å²) in [4.78, 5) is 4.91. The van der Waals surface area contributed by atoms with Crippen molar-refractivity contribution < 1.29 is 15.3 Å². The zero-order valence-corrected chi connectivity index (χ0v) is 39.8. The maximum Gasteiger partial charge on any atom is 0.0719 e. The standard InChI is InChI=1S/C50H104N2O2.C2H4O/c1-5-8-11-14-17-20-23-26-29-32-35-38-42-49(53)47-52(48-50(54)43-39-36-33-30-27-24-21-18-15-12-9-6-2)46-41-45-51(4)44-40-37-34-31-28-25-22-19-16-13-10-7-3;1-2-3/h49-50,53-54H,5-48H2,1-4H3;2-3H,1H2. The van der Waals surface area contributed by atoms with Crippen molar-refractivity contribution in [3.63, 3.8) is 0 Å². The highest BCUT2D eigenvalue weighted by Gasteiger charge is 2.16. The molecule has 0 aliphatic heterocycles. The van der Waals surface area contributed by atoms with E-state index in [4.69, 9.17) is 5.11 Å². The second-order valence-corrected chi connectivity index (χ2v) is 18.2. The fourth-order valence-corrected chi connectivity index (χ4v) is 8.38. The average molecular weight is 809 g/mol. The molecule has 0 aliphatic rings. The van der Waals surface area contributed by atoms with E-state index in [1.165, 1.54) is 225 Å². The number of hydrogen-bond donors (Lipinski definition) is 3. The van der Waals surface area contributed by atoms with Crippen molar-refractivity contribution in [2.75, 3.05) is 39.8 Å². The van der Waals surface area contributed by atoms with Gasteiger partial charge in [0.05, 0.1) is 18.5 Å². The van der Waals surface area contributed by atoms with E-state index >= 15 is 0 Å². The van der Waals surface area contributed by atoms with Crippen molar-refractivity contribution in [2.24, 2.45) is 0 Å². The second kappa shape index (κ2) is 51.5. The van der Waals surface area contributed by atoms with E-state index in [0.29, 0.717) is 0 Å². The molecule has 0 fully saturated rings. The van der Waals surface area contributed by atoms with Gasteiger partial charge in [-0.1, -0.05) is 252 Å². The molecule has 5 nitrogen and oxygen atoms in total. The predicted octanol–water partition coefficient (Wildman–Crippen LogP) is 15.9. The first-order chi connectivity index (χ1) is 27.9. The number of aliphatic hydroxyl groups excluding tert-OH is 3. The first-order valence-corrected chi connectivity index (χ1v) is 26.0. The molecule has 0 aromatic heterocycles. The molecule has 0 saturated heterocycles. The minimum Gasteiger partial charge on any atom is -0.516 e. The molecule has 0 aromatic carbocycles. The van der Waals surface area contributed by atoms with E-state index in [2.05, 4.69) is 44.2 Å². The van der Waals surface area contributed by atoms with Crippen LogP contribution in [0, 0.1) is 0 Å². The fourth-order valence-electron chi connectivity index (χ4n) is 8.38. The van der Waals surface area contributed by atoms with Crippen molar-refractivity contribution in [2.45, 2.75) is 283 Å². The van der Waals surface area contributed by atoms with Gasteiger partial charge in [0.2, 0.25) is 0 Å². The van der Waals surface area contributed by atoms with Crippen molar-refractivity contribution in [1.82, 2.24) is 9.80 Å². The summed E-state index contributed by atoms with van der Waals surface area (Å²) in [6.45, 7) is 14.5. The largest absolute Gasteiger partial charge is 0.516 e. The molecule has 2 atom stereocenters. The molecule has 0 heterocycles. The van der Waals surface area contributed by atoms with Gasteiger partial charge >= 0.3 is 0 Å². The summed E-state index contributed by atoms with van der Waals surface area (Å²) in [5, 5.41) is 29.4. The van der Waals surface area contributed by atoms with Crippen LogP contribution < -0.4 is 0 Å². The van der Waals surface area contributed by atoms with E-state index in [9.17, 15) is 10.2 Å². The van der Waals surface area contributed by atoms with Crippen LogP contribution in [-0.4, -0.2) is 77.1 Å². The van der Waals surface area contributed by atoms with Gasteiger partial charge in [-0.05, 0) is 52.4 Å². The van der Waals surface area contributed by atoms with E-state index in [0.717, 1.165) is 64.5 Å². The molecule has 0 aromatic rings. The monoisotopic (exact) mass is 809 g/mol. The fraction of sp³-hybridized carbons (Fsp3) is 0.962. The summed E-state index contributed by atoms with van der Waals surface area (Å²) < 4.78 is 0. The zero-order chi connectivity index (χ0) is 42.1. The van der Waals surface area contributed by atoms with Crippen molar-refractivity contribution in [1.29, 1.82) is 0 Å². The molecular formula is C52H108N2O3. The van der Waals surface area contributed by atoms with E-state index < -0.39 is 0 Å². The Labute approximate surface area is 360 Å². The Hall–Kier alpha value is -0.620. The number of aliphatic hydroxyl groups is 3. The van der Waals surface area contributed by atoms with Crippen LogP contribution in [0.15, 0.2) is 12.8 Å². The van der Waals surface area contributed by atoms with Gasteiger partial charge in [-0.25, -0.2) is 0 Å². The summed E-state index contributed by atoms with van der Waals surface area (Å²) in [7, 11) is 2.29. The highest BCUT2D eigenvalue weighted by atomic mass is 16.3. The van der Waals surface area contributed by atoms with Crippen LogP contribution in [0.2, 0.25) is 0 Å². The molecule has 0 saturated carbocycles. The molecule has 0 aliphatic carbocycles. The maximum absolute atomic E-state index is 11.0. The zero-order valence-electron chi connectivity index (χ0n) is 39.8. The molecule has 3 N–H and O–H groups in total. The number of unbranched alkanes of at least 4 members (excludes halogenated alkanes) is 33. The first-order valence-electron chi connectivity index (χ1n) is 26.0. The molecule has 2 unspecified atom stereocenters. The van der Waals surface area contributed by atoms with E-state index in [-0.39, 0.29) is 12.2 Å². The molecule has 0 rings (SSSR count). The lowest BCUT2D eigenvalue weighted by Gasteiger charge is -2.28. The summed E-state index contributed by atoms with van der Waals surface area (Å²) in [6.07, 6.45) is 52.5. The van der Waals surface area contributed by atoms with E-state index in [1.54, 1.807) is 0 Å². The molecule has 0 radical (unpaired) electrons. The van der Waals surface area contributed by atoms with Crippen LogP contribution in [0.4, 0.5) is 0 Å². The Balaban J connectivity index is 0. The van der Waals surface area contributed by atoms with Crippen LogP contribution in [0.5, 0.6) is 0 Å². The SMILES string of the molecule is C=CO.CCCCCCCCCCCCCCC(O)CN(CCCN(C)CCCCCCCCCCCCCC)CC(O)CCCCCCCCCCCCCC. The summed E-state index contributed by atoms with van der Waals surface area (Å²) >= 11 is 0. The van der Waals surface area contributed by atoms with Crippen molar-refractivity contribution in [3.05, 3.63) is 12.8 Å². The van der Waals surface area contributed by atoms with Crippen LogP contribution >= 0.6 is 0 Å². The Kier molecular flexibility index (Phi) is 52.9. The third kappa shape index (κ3) is 51.5. The van der Waals surface area contributed by atoms with Gasteiger partial charge in [0, 0.05) is 13.1 Å². The Morgan fingerprint density at radius 1 is 0.368 bits per heavy atom. The lowest BCUT2D eigenvalue weighted by molar-refractivity contribution is 0.0587. The highest BCUT2D eigenvalue weighted by molar-refractivity contribution is 4.71. The van der Waals surface area contributed by atoms with Gasteiger partial charge in [-0.3, -0.25) is 4.90 Å². The molecule has 57 heavy (non-hydrogen) atoms. The van der Waals surface area contributed by atoms with Gasteiger partial charge < -0.3 is 20.2 Å². The van der Waals surface area contributed by atoms with Gasteiger partial charge in [0.15, 0.2) is 0 Å². The Bertz CT molecular complexity index is 685. The van der Waals surface area contributed by atoms with Crippen LogP contribution in [0.25, 0.3) is 0 Å². The highest BCUT2D eigenvalue weighted by Crippen LogP contribution is 2.17. The molecule has 0 spiro atoms. The summed E-state index contributed by atoms with van der Waals surface area (Å²) in [6, 6.07) is 0. The molecular weight excluding hydrogens is 701 g/mol. The Morgan fingerprint density at radius 3 is 0.877 bits per heavy atom. The van der Waals surface area contributed by atoms with Gasteiger partial charge in [-0.15, -0.1) is 0 Å². The van der Waals surface area contributed by atoms with Crippen LogP contribution in [-0.2, 0) is 0 Å². The smallest absolute Gasteiger partial charge is 0.0719 e. The third-order valence-electron chi connectivity index (χ3n) is 12.1. The summed E-state index contributed by atoms with van der Waals surface area (Å²) in [5.41, 5.74) is 0. The van der Waals surface area contributed by atoms with Gasteiger partial charge in [-0.2, -0.15) is 0 Å². The topological polar surface area (TPSA) is 67.2 Å².